The maximum atomic E-state index is 11.8. The number of carbonyl (C=O) groups excluding carboxylic acids is 2. The summed E-state index contributed by atoms with van der Waals surface area (Å²) >= 11 is 0. The minimum atomic E-state index is -0.658. The minimum absolute atomic E-state index is 0.425. The number of esters is 1. The van der Waals surface area contributed by atoms with Crippen LogP contribution in [0.2, 0.25) is 0 Å². The second kappa shape index (κ2) is 5.88. The molecule has 0 unspecified atom stereocenters. The van der Waals surface area contributed by atoms with Gasteiger partial charge in [-0.2, -0.15) is 0 Å². The average molecular weight is 270 g/mol. The Morgan fingerprint density at radius 1 is 1.10 bits per heavy atom. The lowest BCUT2D eigenvalue weighted by atomic mass is 9.99. The highest BCUT2D eigenvalue weighted by atomic mass is 16.5. The molecule has 5 heteroatoms. The van der Waals surface area contributed by atoms with Gasteiger partial charge in [0, 0.05) is 5.69 Å². The van der Waals surface area contributed by atoms with E-state index in [2.05, 4.69) is 5.32 Å². The van der Waals surface area contributed by atoms with Crippen LogP contribution in [0.3, 0.4) is 0 Å². The zero-order chi connectivity index (χ0) is 14.5. The van der Waals surface area contributed by atoms with Crippen LogP contribution in [0.4, 0.5) is 10.5 Å². The number of nitrogens with one attached hydrogen (secondary N) is 1. The molecule has 0 radical (unpaired) electrons. The Morgan fingerprint density at radius 3 is 2.40 bits per heavy atom. The van der Waals surface area contributed by atoms with E-state index in [4.69, 9.17) is 10.5 Å². The van der Waals surface area contributed by atoms with Gasteiger partial charge < -0.3 is 15.8 Å². The number of nitrogens with two attached hydrogens (primary N) is 1. The van der Waals surface area contributed by atoms with E-state index in [1.54, 1.807) is 18.2 Å². The molecule has 2 amide bonds. The molecule has 0 atom stereocenters. The molecule has 0 aliphatic rings. The Kier molecular flexibility index (Phi) is 4.00. The molecule has 2 aromatic rings. The Balaban J connectivity index is 2.54. The molecule has 0 aliphatic carbocycles. The second-order valence-corrected chi connectivity index (χ2v) is 4.11. The number of primary amides is 1. The maximum absolute atomic E-state index is 11.8. The van der Waals surface area contributed by atoms with Crippen molar-refractivity contribution in [1.29, 1.82) is 0 Å². The van der Waals surface area contributed by atoms with Crippen molar-refractivity contribution in [2.75, 3.05) is 12.4 Å². The predicted molar refractivity (Wildman–Crippen MR) is 76.4 cm³/mol. The molecule has 0 saturated heterocycles. The van der Waals surface area contributed by atoms with E-state index in [-0.39, 0.29) is 0 Å². The van der Waals surface area contributed by atoms with Crippen LogP contribution in [0.5, 0.6) is 0 Å². The summed E-state index contributed by atoms with van der Waals surface area (Å²) in [6.07, 6.45) is 0. The van der Waals surface area contributed by atoms with Crippen molar-refractivity contribution in [3.8, 4) is 11.1 Å². The number of urea groups is 1. The third-order valence-corrected chi connectivity index (χ3v) is 2.78. The summed E-state index contributed by atoms with van der Waals surface area (Å²) in [5.41, 5.74) is 7.56. The smallest absolute Gasteiger partial charge is 0.338 e. The standard InChI is InChI=1S/C15H14N2O3/c1-20-14(18)12-8-7-11(17-15(16)19)9-13(12)10-5-3-2-4-6-10/h2-9H,1H3,(H3,16,17,19). The zero-order valence-electron chi connectivity index (χ0n) is 10.9. The predicted octanol–water partition coefficient (Wildman–Crippen LogP) is 2.63. The molecule has 102 valence electrons. The summed E-state index contributed by atoms with van der Waals surface area (Å²) < 4.78 is 4.77. The second-order valence-electron chi connectivity index (χ2n) is 4.11. The highest BCUT2D eigenvalue weighted by Crippen LogP contribution is 2.27. The van der Waals surface area contributed by atoms with Crippen LogP contribution in [0.1, 0.15) is 10.4 Å². The van der Waals surface area contributed by atoms with Crippen LogP contribution >= 0.6 is 0 Å². The number of amides is 2. The number of ether oxygens (including phenoxy) is 1. The fraction of sp³-hybridized carbons (Fsp3) is 0.0667. The van der Waals surface area contributed by atoms with E-state index >= 15 is 0 Å². The van der Waals surface area contributed by atoms with Crippen molar-refractivity contribution in [3.05, 3.63) is 54.1 Å². The highest BCUT2D eigenvalue weighted by molar-refractivity contribution is 5.99. The van der Waals surface area contributed by atoms with Gasteiger partial charge in [-0.3, -0.25) is 0 Å². The van der Waals surface area contributed by atoms with Crippen molar-refractivity contribution in [3.63, 3.8) is 0 Å². The quantitative estimate of drug-likeness (QED) is 0.841. The first kappa shape index (κ1) is 13.6. The molecule has 0 fully saturated rings. The number of hydrogen-bond acceptors (Lipinski definition) is 3. The molecule has 2 rings (SSSR count). The monoisotopic (exact) mass is 270 g/mol. The van der Waals surface area contributed by atoms with Gasteiger partial charge in [0.15, 0.2) is 0 Å². The maximum Gasteiger partial charge on any atom is 0.338 e. The van der Waals surface area contributed by atoms with Gasteiger partial charge in [-0.1, -0.05) is 30.3 Å². The van der Waals surface area contributed by atoms with Crippen molar-refractivity contribution < 1.29 is 14.3 Å². The summed E-state index contributed by atoms with van der Waals surface area (Å²) in [6.45, 7) is 0. The lowest BCUT2D eigenvalue weighted by Gasteiger charge is -2.11. The van der Waals surface area contributed by atoms with Crippen molar-refractivity contribution in [1.82, 2.24) is 0 Å². The van der Waals surface area contributed by atoms with E-state index in [0.717, 1.165) is 5.56 Å². The van der Waals surface area contributed by atoms with Gasteiger partial charge in [-0.05, 0) is 29.3 Å². The van der Waals surface area contributed by atoms with Crippen LogP contribution in [-0.4, -0.2) is 19.1 Å². The van der Waals surface area contributed by atoms with E-state index in [9.17, 15) is 9.59 Å². The number of rotatable bonds is 3. The average Bonchev–Trinajstić information content (AvgIpc) is 2.46. The molecule has 0 heterocycles. The van der Waals surface area contributed by atoms with Crippen molar-refractivity contribution in [2.45, 2.75) is 0 Å². The third-order valence-electron chi connectivity index (χ3n) is 2.78. The van der Waals surface area contributed by atoms with Gasteiger partial charge in [0.25, 0.3) is 0 Å². The number of anilines is 1. The van der Waals surface area contributed by atoms with Crippen LogP contribution in [0.25, 0.3) is 11.1 Å². The van der Waals surface area contributed by atoms with Crippen molar-refractivity contribution >= 4 is 17.7 Å². The molecule has 0 bridgehead atoms. The number of methoxy groups -OCH3 is 1. The SMILES string of the molecule is COC(=O)c1ccc(NC(N)=O)cc1-c1ccccc1. The lowest BCUT2D eigenvalue weighted by Crippen LogP contribution is -2.19. The van der Waals surface area contributed by atoms with Crippen LogP contribution in [0.15, 0.2) is 48.5 Å². The van der Waals surface area contributed by atoms with Crippen molar-refractivity contribution in [2.24, 2.45) is 5.73 Å². The summed E-state index contributed by atoms with van der Waals surface area (Å²) in [6, 6.07) is 13.6. The molecular formula is C15H14N2O3. The van der Waals surface area contributed by atoms with E-state index in [0.29, 0.717) is 16.8 Å². The van der Waals surface area contributed by atoms with Crippen LogP contribution in [0, 0.1) is 0 Å². The first-order valence-electron chi connectivity index (χ1n) is 5.96. The van der Waals surface area contributed by atoms with Gasteiger partial charge in [0.2, 0.25) is 0 Å². The molecule has 0 aliphatic heterocycles. The number of benzene rings is 2. The fourth-order valence-corrected chi connectivity index (χ4v) is 1.91. The summed E-state index contributed by atoms with van der Waals surface area (Å²) in [7, 11) is 1.33. The number of hydrogen-bond donors (Lipinski definition) is 2. The summed E-state index contributed by atoms with van der Waals surface area (Å²) in [5.74, 6) is -0.436. The fourth-order valence-electron chi connectivity index (χ4n) is 1.91. The van der Waals surface area contributed by atoms with E-state index in [1.165, 1.54) is 7.11 Å². The van der Waals surface area contributed by atoms with Gasteiger partial charge in [-0.15, -0.1) is 0 Å². The minimum Gasteiger partial charge on any atom is -0.465 e. The molecular weight excluding hydrogens is 256 g/mol. The van der Waals surface area contributed by atoms with Crippen LogP contribution < -0.4 is 11.1 Å². The topological polar surface area (TPSA) is 81.4 Å². The molecule has 5 nitrogen and oxygen atoms in total. The van der Waals surface area contributed by atoms with Gasteiger partial charge in [-0.25, -0.2) is 9.59 Å². The number of carbonyl (C=O) groups is 2. The van der Waals surface area contributed by atoms with Crippen LogP contribution in [-0.2, 0) is 4.74 Å². The lowest BCUT2D eigenvalue weighted by molar-refractivity contribution is 0.0601. The third kappa shape index (κ3) is 2.95. The molecule has 0 aromatic heterocycles. The molecule has 3 N–H and O–H groups in total. The Hall–Kier alpha value is -2.82. The summed E-state index contributed by atoms with van der Waals surface area (Å²) in [5, 5.41) is 2.49. The Bertz CT molecular complexity index is 639. The summed E-state index contributed by atoms with van der Waals surface area (Å²) in [4.78, 5) is 22.7. The first-order valence-corrected chi connectivity index (χ1v) is 5.96. The van der Waals surface area contributed by atoms with Gasteiger partial charge >= 0.3 is 12.0 Å². The van der Waals surface area contributed by atoms with Gasteiger partial charge in [0.05, 0.1) is 12.7 Å². The largest absolute Gasteiger partial charge is 0.465 e. The Labute approximate surface area is 116 Å². The Morgan fingerprint density at radius 2 is 1.80 bits per heavy atom. The van der Waals surface area contributed by atoms with E-state index in [1.807, 2.05) is 30.3 Å². The molecule has 0 spiro atoms. The molecule has 2 aromatic carbocycles. The van der Waals surface area contributed by atoms with E-state index < -0.39 is 12.0 Å². The molecule has 0 saturated carbocycles. The highest BCUT2D eigenvalue weighted by Gasteiger charge is 2.14. The molecule has 20 heavy (non-hydrogen) atoms. The normalized spacial score (nSPS) is 9.85. The first-order chi connectivity index (χ1) is 9.61. The van der Waals surface area contributed by atoms with Gasteiger partial charge in [0.1, 0.15) is 0 Å². The zero-order valence-corrected chi connectivity index (χ0v) is 10.9.